The second kappa shape index (κ2) is 18.1. The average molecular weight is 1010 g/mol. The molecular formula is C52H48N10O8S2. The third-order valence-electron chi connectivity index (χ3n) is 14.7. The summed E-state index contributed by atoms with van der Waals surface area (Å²) in [6.07, 6.45) is 15.7. The number of carbonyl (C=O) groups excluding carboxylic acids is 4. The number of fused-ring (bicyclic) bond motifs is 2. The molecule has 12 rings (SSSR count). The van der Waals surface area contributed by atoms with E-state index in [1.165, 1.54) is 41.5 Å². The summed E-state index contributed by atoms with van der Waals surface area (Å²) in [5.74, 6) is 2.44. The highest BCUT2D eigenvalue weighted by molar-refractivity contribution is 7.17. The zero-order chi connectivity index (χ0) is 49.1. The molecule has 2 aromatic carbocycles. The first kappa shape index (κ1) is 45.3. The molecule has 4 aliphatic rings. The van der Waals surface area contributed by atoms with Gasteiger partial charge in [0, 0.05) is 44.3 Å². The van der Waals surface area contributed by atoms with E-state index in [0.717, 1.165) is 59.3 Å². The van der Waals surface area contributed by atoms with E-state index in [9.17, 15) is 19.2 Å². The second-order valence-electron chi connectivity index (χ2n) is 19.1. The fourth-order valence-electron chi connectivity index (χ4n) is 11.2. The standard InChI is InChI=1S/C52H48N10O8S2/c1-3-43(63)59-18-16-51(27-59)21-32(22-51)62-34-8-5-10-36(46(34)56-50(62)58-48(66)42-15-13-40(72-42)38-26-54-30-70-38)68-20-6-11-44(64)60-19-17-52(28-60)23-31(24-52)61-33-7-4-9-35(67-2)45(33)55-49(61)57-47(65)41-14-12-39(71-41)37-25-53-29-69-37/h3-15,25-26,29-32H,1,16-24,27-28H2,2H3,(H,55,57,65)(H,56,58,66)/b11-6-/t31-,32-,51+,52-. The lowest BCUT2D eigenvalue weighted by Gasteiger charge is -2.46. The largest absolute Gasteiger partial charge is 0.494 e. The summed E-state index contributed by atoms with van der Waals surface area (Å²) in [4.78, 5) is 77.8. The highest BCUT2D eigenvalue weighted by Crippen LogP contribution is 2.57. The van der Waals surface area contributed by atoms with Crippen molar-refractivity contribution in [2.24, 2.45) is 10.8 Å². The molecule has 8 heterocycles. The van der Waals surface area contributed by atoms with Crippen LogP contribution in [0, 0.1) is 10.8 Å². The number of methoxy groups -OCH3 is 1. The summed E-state index contributed by atoms with van der Waals surface area (Å²) in [5, 5.41) is 6.17. The van der Waals surface area contributed by atoms with Gasteiger partial charge in [-0.3, -0.25) is 29.8 Å². The lowest BCUT2D eigenvalue weighted by atomic mass is 9.64. The van der Waals surface area contributed by atoms with Gasteiger partial charge in [-0.25, -0.2) is 19.9 Å². The van der Waals surface area contributed by atoms with Gasteiger partial charge in [-0.05, 0) is 110 Å². The molecule has 0 radical (unpaired) electrons. The van der Waals surface area contributed by atoms with Crippen molar-refractivity contribution in [2.75, 3.05) is 50.5 Å². The van der Waals surface area contributed by atoms with Crippen LogP contribution in [0.15, 0.2) is 119 Å². The van der Waals surface area contributed by atoms with E-state index in [1.54, 1.807) is 43.8 Å². The van der Waals surface area contributed by atoms with Crippen LogP contribution in [-0.2, 0) is 9.59 Å². The third-order valence-corrected chi connectivity index (χ3v) is 16.9. The fraction of sp³-hybridized carbons (Fsp3) is 0.308. The molecule has 2 saturated heterocycles. The monoisotopic (exact) mass is 1000 g/mol. The van der Waals surface area contributed by atoms with Crippen LogP contribution in [0.3, 0.4) is 0 Å². The predicted octanol–water partition coefficient (Wildman–Crippen LogP) is 9.26. The molecule has 4 fully saturated rings. The Morgan fingerprint density at radius 2 is 1.24 bits per heavy atom. The van der Waals surface area contributed by atoms with Crippen LogP contribution in [0.5, 0.6) is 11.5 Å². The molecular weight excluding hydrogens is 957 g/mol. The number of nitrogens with zero attached hydrogens (tertiary/aromatic N) is 8. The van der Waals surface area contributed by atoms with Crippen LogP contribution in [-0.4, -0.2) is 102 Å². The Morgan fingerprint density at radius 3 is 1.74 bits per heavy atom. The Hall–Kier alpha value is -7.84. The molecule has 2 N–H and O–H groups in total. The number of benzene rings is 2. The van der Waals surface area contributed by atoms with E-state index in [-0.39, 0.29) is 53.1 Å². The Morgan fingerprint density at radius 1 is 0.722 bits per heavy atom. The summed E-state index contributed by atoms with van der Waals surface area (Å²) in [6, 6.07) is 18.8. The SMILES string of the molecule is C=CC(=O)N1CC[C@]2(C1)C[C@@H](n1c(NC(=O)c3ccc(-c4cnco4)s3)nc3c(OC/C=C\C(=O)N4CC[C@]5(C4)C[C@H](n4c(NC(=O)c6ccc(-c7cnco7)s6)nc6c(OC)cccc64)C5)cccc31)C2. The van der Waals surface area contributed by atoms with Crippen molar-refractivity contribution in [1.29, 1.82) is 0 Å². The predicted molar refractivity (Wildman–Crippen MR) is 270 cm³/mol. The zero-order valence-electron chi connectivity index (χ0n) is 39.1. The normalized spacial score (nSPS) is 21.5. The van der Waals surface area contributed by atoms with Gasteiger partial charge < -0.3 is 37.2 Å². The number of nitrogens with one attached hydrogen (secondary N) is 2. The molecule has 2 aliphatic heterocycles. The number of anilines is 2. The van der Waals surface area contributed by atoms with Crippen molar-refractivity contribution in [2.45, 2.75) is 50.6 Å². The van der Waals surface area contributed by atoms with E-state index in [0.29, 0.717) is 81.9 Å². The molecule has 18 nitrogen and oxygen atoms in total. The molecule has 366 valence electrons. The molecule has 20 heteroatoms. The second-order valence-corrected chi connectivity index (χ2v) is 21.3. The first-order chi connectivity index (χ1) is 35.1. The van der Waals surface area contributed by atoms with Gasteiger partial charge in [-0.1, -0.05) is 18.7 Å². The fourth-order valence-corrected chi connectivity index (χ4v) is 13.0. The van der Waals surface area contributed by atoms with Crippen molar-refractivity contribution >= 4 is 80.3 Å². The molecule has 6 aromatic heterocycles. The number of carbonyl (C=O) groups is 4. The van der Waals surface area contributed by atoms with Crippen LogP contribution in [0.2, 0.25) is 0 Å². The maximum absolute atomic E-state index is 13.8. The lowest BCUT2D eigenvalue weighted by Crippen LogP contribution is -2.42. The van der Waals surface area contributed by atoms with Crippen LogP contribution >= 0.6 is 22.7 Å². The van der Waals surface area contributed by atoms with E-state index >= 15 is 0 Å². The third kappa shape index (κ3) is 8.13. The van der Waals surface area contributed by atoms with Crippen molar-refractivity contribution in [3.8, 4) is 32.8 Å². The zero-order valence-corrected chi connectivity index (χ0v) is 40.7. The number of aromatic nitrogens is 6. The number of oxazole rings is 2. The molecule has 72 heavy (non-hydrogen) atoms. The van der Waals surface area contributed by atoms with Crippen LogP contribution in [0.4, 0.5) is 11.9 Å². The molecule has 0 unspecified atom stereocenters. The number of rotatable bonds is 14. The topological polar surface area (TPSA) is 205 Å². The van der Waals surface area contributed by atoms with Gasteiger partial charge in [0.15, 0.2) is 24.3 Å². The summed E-state index contributed by atoms with van der Waals surface area (Å²) in [6.45, 7) is 6.42. The molecule has 2 saturated carbocycles. The molecule has 2 aliphatic carbocycles. The van der Waals surface area contributed by atoms with Crippen molar-refractivity contribution in [1.82, 2.24) is 38.9 Å². The number of ether oxygens (including phenoxy) is 2. The number of hydrogen-bond donors (Lipinski definition) is 2. The van der Waals surface area contributed by atoms with E-state index in [1.807, 2.05) is 58.3 Å². The Labute approximate surface area is 420 Å². The molecule has 0 atom stereocenters. The Bertz CT molecular complexity index is 3430. The number of imidazole rings is 2. The van der Waals surface area contributed by atoms with Gasteiger partial charge in [0.2, 0.25) is 23.7 Å². The summed E-state index contributed by atoms with van der Waals surface area (Å²) >= 11 is 2.61. The van der Waals surface area contributed by atoms with Gasteiger partial charge in [-0.15, -0.1) is 22.7 Å². The molecule has 4 amide bonds. The van der Waals surface area contributed by atoms with Gasteiger partial charge >= 0.3 is 0 Å². The minimum absolute atomic E-state index is 0.00982. The Kier molecular flexibility index (Phi) is 11.4. The molecule has 8 aromatic rings. The van der Waals surface area contributed by atoms with Crippen LogP contribution in [0.1, 0.15) is 70.0 Å². The van der Waals surface area contributed by atoms with Gasteiger partial charge in [0.1, 0.15) is 29.1 Å². The van der Waals surface area contributed by atoms with Crippen molar-refractivity contribution in [3.63, 3.8) is 0 Å². The van der Waals surface area contributed by atoms with Gasteiger partial charge in [-0.2, -0.15) is 0 Å². The van der Waals surface area contributed by atoms with E-state index < -0.39 is 0 Å². The van der Waals surface area contributed by atoms with Crippen LogP contribution in [0.25, 0.3) is 43.3 Å². The number of hydrogen-bond acceptors (Lipinski definition) is 14. The Balaban J connectivity index is 0.714. The first-order valence-electron chi connectivity index (χ1n) is 23.7. The molecule has 0 bridgehead atoms. The smallest absolute Gasteiger partial charge is 0.268 e. The number of amides is 4. The first-order valence-corrected chi connectivity index (χ1v) is 25.4. The van der Waals surface area contributed by atoms with Gasteiger partial charge in [0.05, 0.1) is 50.0 Å². The average Bonchev–Trinajstić information content (AvgIpc) is 4.22. The number of likely N-dealkylation sites (tertiary alicyclic amines) is 2. The lowest BCUT2D eigenvalue weighted by molar-refractivity contribution is -0.126. The summed E-state index contributed by atoms with van der Waals surface area (Å²) < 4.78 is 27.1. The maximum Gasteiger partial charge on any atom is 0.268 e. The van der Waals surface area contributed by atoms with Crippen molar-refractivity contribution < 1.29 is 37.5 Å². The quantitative estimate of drug-likeness (QED) is 0.0979. The number of para-hydroxylation sites is 2. The minimum atomic E-state index is -0.303. The van der Waals surface area contributed by atoms with Crippen molar-refractivity contribution in [3.05, 3.63) is 120 Å². The van der Waals surface area contributed by atoms with Crippen LogP contribution < -0.4 is 20.1 Å². The highest BCUT2D eigenvalue weighted by atomic mass is 32.1. The summed E-state index contributed by atoms with van der Waals surface area (Å²) in [5.41, 5.74) is 2.86. The summed E-state index contributed by atoms with van der Waals surface area (Å²) in [7, 11) is 1.61. The van der Waals surface area contributed by atoms with E-state index in [2.05, 4.69) is 36.3 Å². The molecule has 2 spiro atoms. The van der Waals surface area contributed by atoms with Gasteiger partial charge in [0.25, 0.3) is 11.8 Å². The number of thiophene rings is 2. The maximum atomic E-state index is 13.8. The highest BCUT2D eigenvalue weighted by Gasteiger charge is 2.52. The van der Waals surface area contributed by atoms with E-state index in [4.69, 9.17) is 28.3 Å². The minimum Gasteiger partial charge on any atom is -0.494 e.